The summed E-state index contributed by atoms with van der Waals surface area (Å²) in [5.74, 6) is 0. The molecule has 102 valence electrons. The zero-order chi connectivity index (χ0) is 13.8. The Morgan fingerprint density at radius 3 is 2.85 bits per heavy atom. The Morgan fingerprint density at radius 2 is 2.00 bits per heavy atom. The maximum absolute atomic E-state index is 10.4. The monoisotopic (exact) mass is 283 g/mol. The Kier molecular flexibility index (Phi) is 4.09. The van der Waals surface area contributed by atoms with Crippen LogP contribution in [0.2, 0.25) is 0 Å². The van der Waals surface area contributed by atoms with Crippen molar-refractivity contribution in [2.45, 2.75) is 25.4 Å². The molecular weight excluding hydrogens is 266 g/mol. The maximum atomic E-state index is 10.4. The number of pyridine rings is 1. The number of hydrogen-bond acceptors (Lipinski definition) is 3. The SMILES string of the molecule is OC(CCCc1cccs1)c1cncc2ccccc12. The van der Waals surface area contributed by atoms with E-state index >= 15 is 0 Å². The van der Waals surface area contributed by atoms with Crippen LogP contribution in [0.3, 0.4) is 0 Å². The lowest BCUT2D eigenvalue weighted by Crippen LogP contribution is -2.00. The summed E-state index contributed by atoms with van der Waals surface area (Å²) in [5, 5.41) is 14.7. The summed E-state index contributed by atoms with van der Waals surface area (Å²) in [6.07, 6.45) is 5.99. The van der Waals surface area contributed by atoms with Crippen LogP contribution in [0.1, 0.15) is 29.4 Å². The highest BCUT2D eigenvalue weighted by Gasteiger charge is 2.11. The molecule has 20 heavy (non-hydrogen) atoms. The molecule has 0 aliphatic rings. The molecule has 0 saturated carbocycles. The second-order valence-corrected chi connectivity index (χ2v) is 5.97. The molecule has 0 fully saturated rings. The number of rotatable bonds is 5. The summed E-state index contributed by atoms with van der Waals surface area (Å²) < 4.78 is 0. The van der Waals surface area contributed by atoms with E-state index in [0.29, 0.717) is 0 Å². The van der Waals surface area contributed by atoms with Crippen molar-refractivity contribution in [2.24, 2.45) is 0 Å². The molecule has 1 atom stereocenters. The average molecular weight is 283 g/mol. The van der Waals surface area contributed by atoms with Gasteiger partial charge in [-0.1, -0.05) is 30.3 Å². The Bertz CT molecular complexity index is 673. The van der Waals surface area contributed by atoms with E-state index in [1.165, 1.54) is 4.88 Å². The smallest absolute Gasteiger partial charge is 0.0811 e. The van der Waals surface area contributed by atoms with Crippen molar-refractivity contribution in [3.63, 3.8) is 0 Å². The number of aliphatic hydroxyl groups is 1. The van der Waals surface area contributed by atoms with Crippen LogP contribution in [0, 0.1) is 0 Å². The van der Waals surface area contributed by atoms with Gasteiger partial charge in [-0.05, 0) is 36.1 Å². The fraction of sp³-hybridized carbons (Fsp3) is 0.235. The number of aryl methyl sites for hydroxylation is 1. The minimum atomic E-state index is -0.437. The quantitative estimate of drug-likeness (QED) is 0.755. The lowest BCUT2D eigenvalue weighted by Gasteiger charge is -2.13. The standard InChI is InChI=1S/C17H17NOS/c19-17(9-3-6-14-7-4-10-20-14)16-12-18-11-13-5-1-2-8-15(13)16/h1-2,4-5,7-8,10-12,17,19H,3,6,9H2. The van der Waals surface area contributed by atoms with Crippen LogP contribution in [-0.2, 0) is 6.42 Å². The van der Waals surface area contributed by atoms with Crippen molar-refractivity contribution >= 4 is 22.1 Å². The van der Waals surface area contributed by atoms with Crippen molar-refractivity contribution < 1.29 is 5.11 Å². The Morgan fingerprint density at radius 1 is 1.10 bits per heavy atom. The molecule has 0 radical (unpaired) electrons. The van der Waals surface area contributed by atoms with Gasteiger partial charge in [0.15, 0.2) is 0 Å². The Hall–Kier alpha value is -1.71. The van der Waals surface area contributed by atoms with E-state index in [1.807, 2.05) is 24.4 Å². The second kappa shape index (κ2) is 6.16. The van der Waals surface area contributed by atoms with E-state index < -0.39 is 6.10 Å². The average Bonchev–Trinajstić information content (AvgIpc) is 3.00. The molecule has 1 unspecified atom stereocenters. The molecule has 0 spiro atoms. The molecule has 0 amide bonds. The highest BCUT2D eigenvalue weighted by atomic mass is 32.1. The molecule has 0 aliphatic carbocycles. The molecular formula is C17H17NOS. The van der Waals surface area contributed by atoms with Gasteiger partial charge in [-0.2, -0.15) is 0 Å². The van der Waals surface area contributed by atoms with E-state index in [2.05, 4.69) is 28.6 Å². The van der Waals surface area contributed by atoms with Gasteiger partial charge in [0.25, 0.3) is 0 Å². The molecule has 0 bridgehead atoms. The van der Waals surface area contributed by atoms with Gasteiger partial charge in [0, 0.05) is 28.2 Å². The third-order valence-electron chi connectivity index (χ3n) is 3.54. The van der Waals surface area contributed by atoms with E-state index in [4.69, 9.17) is 0 Å². The van der Waals surface area contributed by atoms with Crippen LogP contribution in [-0.4, -0.2) is 10.1 Å². The summed E-state index contributed by atoms with van der Waals surface area (Å²) in [4.78, 5) is 5.62. The zero-order valence-corrected chi connectivity index (χ0v) is 12.0. The van der Waals surface area contributed by atoms with Gasteiger partial charge >= 0.3 is 0 Å². The molecule has 1 aromatic carbocycles. The number of nitrogens with zero attached hydrogens (tertiary/aromatic N) is 1. The molecule has 2 aromatic heterocycles. The molecule has 1 N–H and O–H groups in total. The van der Waals surface area contributed by atoms with E-state index in [9.17, 15) is 5.11 Å². The molecule has 3 aromatic rings. The first-order chi connectivity index (χ1) is 9.84. The summed E-state index contributed by atoms with van der Waals surface area (Å²) >= 11 is 1.78. The largest absolute Gasteiger partial charge is 0.388 e. The van der Waals surface area contributed by atoms with Gasteiger partial charge in [0.1, 0.15) is 0 Å². The number of aliphatic hydroxyl groups excluding tert-OH is 1. The minimum absolute atomic E-state index is 0.437. The predicted molar refractivity (Wildman–Crippen MR) is 84.0 cm³/mol. The van der Waals surface area contributed by atoms with Crippen LogP contribution < -0.4 is 0 Å². The summed E-state index contributed by atoms with van der Waals surface area (Å²) in [6.45, 7) is 0. The fourth-order valence-electron chi connectivity index (χ4n) is 2.49. The van der Waals surface area contributed by atoms with Crippen LogP contribution in [0.4, 0.5) is 0 Å². The Balaban J connectivity index is 1.70. The number of fused-ring (bicyclic) bond motifs is 1. The van der Waals surface area contributed by atoms with E-state index in [1.54, 1.807) is 17.5 Å². The van der Waals surface area contributed by atoms with Gasteiger partial charge < -0.3 is 5.11 Å². The molecule has 0 saturated heterocycles. The topological polar surface area (TPSA) is 33.1 Å². The van der Waals surface area contributed by atoms with E-state index in [-0.39, 0.29) is 0 Å². The van der Waals surface area contributed by atoms with Gasteiger partial charge in [-0.25, -0.2) is 0 Å². The van der Waals surface area contributed by atoms with Gasteiger partial charge in [0.05, 0.1) is 6.10 Å². The molecule has 0 aliphatic heterocycles. The van der Waals surface area contributed by atoms with Crippen molar-refractivity contribution in [1.82, 2.24) is 4.98 Å². The van der Waals surface area contributed by atoms with Crippen LogP contribution in [0.5, 0.6) is 0 Å². The van der Waals surface area contributed by atoms with Gasteiger partial charge in [0.2, 0.25) is 0 Å². The highest BCUT2D eigenvalue weighted by molar-refractivity contribution is 7.09. The summed E-state index contributed by atoms with van der Waals surface area (Å²) in [5.41, 5.74) is 0.939. The molecule has 3 heteroatoms. The second-order valence-electron chi connectivity index (χ2n) is 4.94. The molecule has 2 heterocycles. The Labute approximate surface area is 122 Å². The minimum Gasteiger partial charge on any atom is -0.388 e. The van der Waals surface area contributed by atoms with Crippen LogP contribution in [0.25, 0.3) is 10.8 Å². The maximum Gasteiger partial charge on any atom is 0.0811 e. The van der Waals surface area contributed by atoms with E-state index in [0.717, 1.165) is 35.6 Å². The zero-order valence-electron chi connectivity index (χ0n) is 11.2. The van der Waals surface area contributed by atoms with Crippen LogP contribution >= 0.6 is 11.3 Å². The normalized spacial score (nSPS) is 12.7. The first-order valence-electron chi connectivity index (χ1n) is 6.87. The third kappa shape index (κ3) is 2.89. The summed E-state index contributed by atoms with van der Waals surface area (Å²) in [6, 6.07) is 12.3. The van der Waals surface area contributed by atoms with Gasteiger partial charge in [-0.3, -0.25) is 4.98 Å². The number of benzene rings is 1. The van der Waals surface area contributed by atoms with Crippen molar-refractivity contribution in [3.05, 3.63) is 64.6 Å². The van der Waals surface area contributed by atoms with Crippen molar-refractivity contribution in [3.8, 4) is 0 Å². The number of thiophene rings is 1. The number of hydrogen-bond donors (Lipinski definition) is 1. The summed E-state index contributed by atoms with van der Waals surface area (Å²) in [7, 11) is 0. The van der Waals surface area contributed by atoms with Crippen LogP contribution in [0.15, 0.2) is 54.2 Å². The lowest BCUT2D eigenvalue weighted by atomic mass is 10.00. The number of aromatic nitrogens is 1. The predicted octanol–water partition coefficient (Wildman–Crippen LogP) is 4.35. The van der Waals surface area contributed by atoms with Crippen molar-refractivity contribution in [2.75, 3.05) is 0 Å². The van der Waals surface area contributed by atoms with Gasteiger partial charge in [-0.15, -0.1) is 11.3 Å². The third-order valence-corrected chi connectivity index (χ3v) is 4.48. The molecule has 2 nitrogen and oxygen atoms in total. The molecule has 3 rings (SSSR count). The van der Waals surface area contributed by atoms with Crippen molar-refractivity contribution in [1.29, 1.82) is 0 Å². The highest BCUT2D eigenvalue weighted by Crippen LogP contribution is 2.26. The first kappa shape index (κ1) is 13.3. The first-order valence-corrected chi connectivity index (χ1v) is 7.75. The fourth-order valence-corrected chi connectivity index (χ4v) is 3.24. The lowest BCUT2D eigenvalue weighted by molar-refractivity contribution is 0.166.